The molecule has 0 unspecified atom stereocenters. The lowest BCUT2D eigenvalue weighted by Crippen LogP contribution is -2.00. The Balaban J connectivity index is 2.63. The van der Waals surface area contributed by atoms with Crippen LogP contribution in [0.3, 0.4) is 0 Å². The lowest BCUT2D eigenvalue weighted by Gasteiger charge is -2.05. The molecule has 0 aliphatic heterocycles. The lowest BCUT2D eigenvalue weighted by atomic mass is 10.2. The third kappa shape index (κ3) is 3.74. The molecule has 0 aromatic heterocycles. The Hall–Kier alpha value is -0.130. The summed E-state index contributed by atoms with van der Waals surface area (Å²) < 4.78 is 27.0. The van der Waals surface area contributed by atoms with Crippen LogP contribution in [0.15, 0.2) is 16.6 Å². The van der Waals surface area contributed by atoms with Crippen molar-refractivity contribution in [2.45, 2.75) is 12.2 Å². The van der Waals surface area contributed by atoms with Crippen molar-refractivity contribution in [3.8, 4) is 0 Å². The number of hydrogen-bond donors (Lipinski definition) is 1. The molecule has 0 atom stereocenters. The van der Waals surface area contributed by atoms with Gasteiger partial charge in [-0.15, -0.1) is 0 Å². The molecule has 1 aromatic carbocycles. The van der Waals surface area contributed by atoms with E-state index in [0.717, 1.165) is 12.2 Å². The van der Waals surface area contributed by atoms with Crippen LogP contribution in [0.4, 0.5) is 8.78 Å². The van der Waals surface area contributed by atoms with Crippen LogP contribution in [-0.2, 0) is 5.75 Å². The fourth-order valence-electron chi connectivity index (χ4n) is 1.06. The predicted octanol–water partition coefficient (Wildman–Crippen LogP) is 3.31. The van der Waals surface area contributed by atoms with Crippen LogP contribution in [0, 0.1) is 11.6 Å². The van der Waals surface area contributed by atoms with Gasteiger partial charge >= 0.3 is 0 Å². The Morgan fingerprint density at radius 1 is 1.33 bits per heavy atom. The van der Waals surface area contributed by atoms with Gasteiger partial charge in [-0.1, -0.05) is 0 Å². The average Bonchev–Trinajstić information content (AvgIpc) is 2.23. The van der Waals surface area contributed by atoms with Crippen molar-refractivity contribution in [2.75, 3.05) is 12.3 Å². The molecule has 2 N–H and O–H groups in total. The van der Waals surface area contributed by atoms with Gasteiger partial charge in [0, 0.05) is 11.3 Å². The molecular formula is C10H12BrF2NS. The van der Waals surface area contributed by atoms with Crippen LogP contribution < -0.4 is 5.73 Å². The number of benzene rings is 1. The summed E-state index contributed by atoms with van der Waals surface area (Å²) >= 11 is 4.52. The topological polar surface area (TPSA) is 26.0 Å². The van der Waals surface area contributed by atoms with E-state index in [-0.39, 0.29) is 5.56 Å². The Labute approximate surface area is 101 Å². The molecule has 1 rings (SSSR count). The first-order valence-electron chi connectivity index (χ1n) is 4.57. The molecule has 0 heterocycles. The van der Waals surface area contributed by atoms with Crippen LogP contribution in [0.1, 0.15) is 12.0 Å². The number of hydrogen-bond acceptors (Lipinski definition) is 2. The maximum atomic E-state index is 13.4. The molecule has 0 aliphatic rings. The first-order valence-corrected chi connectivity index (χ1v) is 6.51. The van der Waals surface area contributed by atoms with Gasteiger partial charge in [0.1, 0.15) is 11.6 Å². The quantitative estimate of drug-likeness (QED) is 0.666. The zero-order valence-corrected chi connectivity index (χ0v) is 10.5. The Morgan fingerprint density at radius 3 is 2.73 bits per heavy atom. The first kappa shape index (κ1) is 12.9. The normalized spacial score (nSPS) is 10.7. The highest BCUT2D eigenvalue weighted by atomic mass is 79.9. The van der Waals surface area contributed by atoms with Gasteiger partial charge in [0.25, 0.3) is 0 Å². The van der Waals surface area contributed by atoms with E-state index in [1.165, 1.54) is 23.9 Å². The Kier molecular flexibility index (Phi) is 5.56. The van der Waals surface area contributed by atoms with E-state index in [1.54, 1.807) is 0 Å². The summed E-state index contributed by atoms with van der Waals surface area (Å²) in [6.45, 7) is 0.608. The van der Waals surface area contributed by atoms with Crippen LogP contribution >= 0.6 is 27.7 Å². The van der Waals surface area contributed by atoms with Crippen LogP contribution in [0.25, 0.3) is 0 Å². The summed E-state index contributed by atoms with van der Waals surface area (Å²) in [7, 11) is 0. The highest BCUT2D eigenvalue weighted by Crippen LogP contribution is 2.25. The molecule has 0 saturated carbocycles. The Bertz CT molecular complexity index is 333. The molecular weight excluding hydrogens is 284 g/mol. The fraction of sp³-hybridized carbons (Fsp3) is 0.400. The summed E-state index contributed by atoms with van der Waals surface area (Å²) in [5.41, 5.74) is 5.45. The van der Waals surface area contributed by atoms with Crippen molar-refractivity contribution in [3.63, 3.8) is 0 Å². The van der Waals surface area contributed by atoms with Gasteiger partial charge < -0.3 is 5.73 Å². The monoisotopic (exact) mass is 295 g/mol. The zero-order chi connectivity index (χ0) is 11.3. The van der Waals surface area contributed by atoms with Crippen molar-refractivity contribution in [1.82, 2.24) is 0 Å². The molecule has 0 radical (unpaired) electrons. The molecule has 5 heteroatoms. The number of halogens is 3. The van der Waals surface area contributed by atoms with Gasteiger partial charge in [0.2, 0.25) is 0 Å². The molecule has 0 saturated heterocycles. The largest absolute Gasteiger partial charge is 0.330 e. The molecule has 1 nitrogen and oxygen atoms in total. The Morgan fingerprint density at radius 2 is 2.07 bits per heavy atom. The predicted molar refractivity (Wildman–Crippen MR) is 63.9 cm³/mol. The summed E-state index contributed by atoms with van der Waals surface area (Å²) in [5, 5.41) is 0. The zero-order valence-electron chi connectivity index (χ0n) is 8.10. The molecule has 0 spiro atoms. The standard InChI is InChI=1S/C10H12BrF2NS/c11-8-2-3-9(12)7(10(8)13)6-15-5-1-4-14/h2-3H,1,4-6,14H2. The third-order valence-electron chi connectivity index (χ3n) is 1.88. The van der Waals surface area contributed by atoms with E-state index in [2.05, 4.69) is 15.9 Å². The van der Waals surface area contributed by atoms with Gasteiger partial charge in [-0.25, -0.2) is 8.78 Å². The van der Waals surface area contributed by atoms with Crippen molar-refractivity contribution < 1.29 is 8.78 Å². The van der Waals surface area contributed by atoms with Crippen molar-refractivity contribution >= 4 is 27.7 Å². The number of thioether (sulfide) groups is 1. The van der Waals surface area contributed by atoms with Crippen LogP contribution in [0.2, 0.25) is 0 Å². The van der Waals surface area contributed by atoms with E-state index < -0.39 is 11.6 Å². The minimum absolute atomic E-state index is 0.131. The van der Waals surface area contributed by atoms with Gasteiger partial charge in [0.15, 0.2) is 0 Å². The smallest absolute Gasteiger partial charge is 0.144 e. The van der Waals surface area contributed by atoms with Gasteiger partial charge in [0.05, 0.1) is 4.47 Å². The summed E-state index contributed by atoms with van der Waals surface area (Å²) in [6.07, 6.45) is 0.863. The molecule has 0 fully saturated rings. The molecule has 15 heavy (non-hydrogen) atoms. The van der Waals surface area contributed by atoms with Crippen molar-refractivity contribution in [1.29, 1.82) is 0 Å². The summed E-state index contributed by atoms with van der Waals surface area (Å²) in [4.78, 5) is 0. The second-order valence-electron chi connectivity index (χ2n) is 3.02. The maximum Gasteiger partial charge on any atom is 0.144 e. The van der Waals surface area contributed by atoms with Crippen molar-refractivity contribution in [3.05, 3.63) is 33.8 Å². The second-order valence-corrected chi connectivity index (χ2v) is 4.98. The SMILES string of the molecule is NCCCSCc1c(F)ccc(Br)c1F. The van der Waals surface area contributed by atoms with E-state index in [0.29, 0.717) is 16.8 Å². The molecule has 1 aromatic rings. The molecule has 84 valence electrons. The molecule has 0 amide bonds. The van der Waals surface area contributed by atoms with Crippen LogP contribution in [-0.4, -0.2) is 12.3 Å². The minimum Gasteiger partial charge on any atom is -0.330 e. The van der Waals surface area contributed by atoms with Gasteiger partial charge in [-0.05, 0) is 46.8 Å². The number of rotatable bonds is 5. The van der Waals surface area contributed by atoms with E-state index in [4.69, 9.17) is 5.73 Å². The van der Waals surface area contributed by atoms with E-state index in [9.17, 15) is 8.78 Å². The lowest BCUT2D eigenvalue weighted by molar-refractivity contribution is 0.562. The van der Waals surface area contributed by atoms with Crippen molar-refractivity contribution in [2.24, 2.45) is 5.73 Å². The summed E-state index contributed by atoms with van der Waals surface area (Å²) in [5.74, 6) is 0.171. The fourth-order valence-corrected chi connectivity index (χ4v) is 2.42. The second kappa shape index (κ2) is 6.45. The maximum absolute atomic E-state index is 13.4. The average molecular weight is 296 g/mol. The van der Waals surface area contributed by atoms with Gasteiger partial charge in [-0.3, -0.25) is 0 Å². The number of nitrogens with two attached hydrogens (primary N) is 1. The first-order chi connectivity index (χ1) is 7.16. The summed E-state index contributed by atoms with van der Waals surface area (Å²) in [6, 6.07) is 2.64. The van der Waals surface area contributed by atoms with Crippen LogP contribution in [0.5, 0.6) is 0 Å². The highest BCUT2D eigenvalue weighted by molar-refractivity contribution is 9.10. The minimum atomic E-state index is -0.504. The van der Waals surface area contributed by atoms with E-state index in [1.807, 2.05) is 0 Å². The molecule has 0 aliphatic carbocycles. The highest BCUT2D eigenvalue weighted by Gasteiger charge is 2.11. The third-order valence-corrected chi connectivity index (χ3v) is 3.56. The van der Waals surface area contributed by atoms with E-state index >= 15 is 0 Å². The van der Waals surface area contributed by atoms with Gasteiger partial charge in [-0.2, -0.15) is 11.8 Å². The molecule has 0 bridgehead atoms.